The van der Waals surface area contributed by atoms with E-state index in [-0.39, 0.29) is 0 Å². The molecule has 3 rings (SSSR count). The zero-order valence-corrected chi connectivity index (χ0v) is 9.55. The zero-order valence-electron chi connectivity index (χ0n) is 9.55. The fraction of sp³-hybridized carbons (Fsp3) is 0.571. The molecule has 1 aromatic carbocycles. The molecular formula is C14H19NO. The molecule has 86 valence electrons. The Morgan fingerprint density at radius 1 is 1.19 bits per heavy atom. The van der Waals surface area contributed by atoms with Crippen LogP contribution < -0.4 is 0 Å². The topological polar surface area (TPSA) is 23.5 Å². The first-order chi connectivity index (χ1) is 7.86. The molecule has 2 aliphatic rings. The van der Waals surface area contributed by atoms with E-state index in [0.717, 1.165) is 18.4 Å². The van der Waals surface area contributed by atoms with Gasteiger partial charge >= 0.3 is 0 Å². The molecule has 3 atom stereocenters. The number of rotatable bonds is 3. The predicted octanol–water partition coefficient (Wildman–Crippen LogP) is 1.75. The molecule has 1 saturated heterocycles. The van der Waals surface area contributed by atoms with Crippen LogP contribution in [0.2, 0.25) is 0 Å². The van der Waals surface area contributed by atoms with Gasteiger partial charge in [-0.1, -0.05) is 30.3 Å². The first-order valence-electron chi connectivity index (χ1n) is 6.24. The lowest BCUT2D eigenvalue weighted by Gasteiger charge is -2.38. The first kappa shape index (κ1) is 10.3. The molecule has 0 amide bonds. The molecule has 1 aromatic rings. The van der Waals surface area contributed by atoms with E-state index < -0.39 is 0 Å². The third-order valence-electron chi connectivity index (χ3n) is 4.26. The van der Waals surface area contributed by atoms with Gasteiger partial charge in [-0.25, -0.2) is 0 Å². The second kappa shape index (κ2) is 4.19. The second-order valence-electron chi connectivity index (χ2n) is 5.28. The maximum atomic E-state index is 9.19. The van der Waals surface area contributed by atoms with Crippen LogP contribution in [0.3, 0.4) is 0 Å². The number of aliphatic hydroxyl groups excluding tert-OH is 1. The average Bonchev–Trinajstić information content (AvgIpc) is 2.60. The molecule has 3 unspecified atom stereocenters. The van der Waals surface area contributed by atoms with Gasteiger partial charge in [-0.2, -0.15) is 0 Å². The minimum absolute atomic E-state index is 0.389. The third-order valence-corrected chi connectivity index (χ3v) is 4.26. The van der Waals surface area contributed by atoms with Crippen LogP contribution >= 0.6 is 0 Å². The monoisotopic (exact) mass is 217 g/mol. The van der Waals surface area contributed by atoms with E-state index in [4.69, 9.17) is 0 Å². The maximum Gasteiger partial charge on any atom is 0.0462 e. The van der Waals surface area contributed by atoms with E-state index in [0.29, 0.717) is 12.5 Å². The van der Waals surface area contributed by atoms with E-state index in [2.05, 4.69) is 35.2 Å². The molecule has 0 aromatic heterocycles. The summed E-state index contributed by atoms with van der Waals surface area (Å²) in [6, 6.07) is 10.7. The summed E-state index contributed by atoms with van der Waals surface area (Å²) >= 11 is 0. The minimum Gasteiger partial charge on any atom is -0.396 e. The van der Waals surface area contributed by atoms with Crippen LogP contribution in [0.5, 0.6) is 0 Å². The highest BCUT2D eigenvalue weighted by atomic mass is 16.3. The van der Waals surface area contributed by atoms with Crippen molar-refractivity contribution in [2.24, 2.45) is 17.8 Å². The summed E-state index contributed by atoms with van der Waals surface area (Å²) < 4.78 is 0. The van der Waals surface area contributed by atoms with Crippen molar-refractivity contribution in [3.8, 4) is 0 Å². The lowest BCUT2D eigenvalue weighted by molar-refractivity contribution is 0.0576. The van der Waals surface area contributed by atoms with Crippen LogP contribution in [0, 0.1) is 17.8 Å². The van der Waals surface area contributed by atoms with E-state index in [9.17, 15) is 5.11 Å². The van der Waals surface area contributed by atoms with E-state index in [1.807, 2.05) is 0 Å². The van der Waals surface area contributed by atoms with Gasteiger partial charge in [0.1, 0.15) is 0 Å². The number of nitrogens with zero attached hydrogens (tertiary/aromatic N) is 1. The van der Waals surface area contributed by atoms with Crippen molar-refractivity contribution in [2.45, 2.75) is 13.0 Å². The molecule has 0 spiro atoms. The van der Waals surface area contributed by atoms with Crippen molar-refractivity contribution in [3.63, 3.8) is 0 Å². The highest BCUT2D eigenvalue weighted by molar-refractivity contribution is 5.15. The highest BCUT2D eigenvalue weighted by Crippen LogP contribution is 2.45. The Hall–Kier alpha value is -0.860. The number of benzene rings is 1. The van der Waals surface area contributed by atoms with E-state index in [1.165, 1.54) is 25.1 Å². The van der Waals surface area contributed by atoms with Crippen LogP contribution in [0.15, 0.2) is 30.3 Å². The fourth-order valence-corrected chi connectivity index (χ4v) is 3.32. The summed E-state index contributed by atoms with van der Waals surface area (Å²) in [7, 11) is 0. The molecule has 1 aliphatic heterocycles. The molecule has 2 nitrogen and oxygen atoms in total. The SMILES string of the molecule is OCC1CC2CN(Cc3ccccc3)CC12. The van der Waals surface area contributed by atoms with Crippen LogP contribution in [0.1, 0.15) is 12.0 Å². The predicted molar refractivity (Wildman–Crippen MR) is 63.9 cm³/mol. The second-order valence-corrected chi connectivity index (χ2v) is 5.28. The molecule has 1 saturated carbocycles. The highest BCUT2D eigenvalue weighted by Gasteiger charge is 2.46. The number of hydrogen-bond acceptors (Lipinski definition) is 2. The largest absolute Gasteiger partial charge is 0.396 e. The third kappa shape index (κ3) is 1.76. The number of hydrogen-bond donors (Lipinski definition) is 1. The van der Waals surface area contributed by atoms with Crippen molar-refractivity contribution >= 4 is 0 Å². The Balaban J connectivity index is 1.59. The van der Waals surface area contributed by atoms with Crippen molar-refractivity contribution in [1.29, 1.82) is 0 Å². The van der Waals surface area contributed by atoms with Crippen LogP contribution in [-0.4, -0.2) is 29.7 Å². The smallest absolute Gasteiger partial charge is 0.0462 e. The van der Waals surface area contributed by atoms with Crippen LogP contribution in [-0.2, 0) is 6.54 Å². The summed E-state index contributed by atoms with van der Waals surface area (Å²) in [5, 5.41) is 9.19. The molecule has 2 fully saturated rings. The Kier molecular flexibility index (Phi) is 2.70. The summed E-state index contributed by atoms with van der Waals surface area (Å²) in [5.41, 5.74) is 1.41. The van der Waals surface area contributed by atoms with Crippen molar-refractivity contribution in [2.75, 3.05) is 19.7 Å². The fourth-order valence-electron chi connectivity index (χ4n) is 3.32. The van der Waals surface area contributed by atoms with Gasteiger partial charge < -0.3 is 5.11 Å². The van der Waals surface area contributed by atoms with Gasteiger partial charge in [0.25, 0.3) is 0 Å². The van der Waals surface area contributed by atoms with Crippen molar-refractivity contribution in [3.05, 3.63) is 35.9 Å². The molecular weight excluding hydrogens is 198 g/mol. The van der Waals surface area contributed by atoms with Crippen LogP contribution in [0.4, 0.5) is 0 Å². The summed E-state index contributed by atoms with van der Waals surface area (Å²) in [4.78, 5) is 2.54. The first-order valence-corrected chi connectivity index (χ1v) is 6.24. The van der Waals surface area contributed by atoms with E-state index >= 15 is 0 Å². The lowest BCUT2D eigenvalue weighted by Crippen LogP contribution is -2.37. The Labute approximate surface area is 96.9 Å². The Morgan fingerprint density at radius 3 is 2.75 bits per heavy atom. The molecule has 1 aliphatic carbocycles. The summed E-state index contributed by atoms with van der Waals surface area (Å²) in [6.45, 7) is 3.88. The van der Waals surface area contributed by atoms with E-state index in [1.54, 1.807) is 0 Å². The average molecular weight is 217 g/mol. The Bertz CT molecular complexity index is 351. The minimum atomic E-state index is 0.389. The van der Waals surface area contributed by atoms with Gasteiger partial charge in [-0.15, -0.1) is 0 Å². The van der Waals surface area contributed by atoms with Crippen molar-refractivity contribution in [1.82, 2.24) is 4.90 Å². The quantitative estimate of drug-likeness (QED) is 0.833. The van der Waals surface area contributed by atoms with Gasteiger partial charge in [0.2, 0.25) is 0 Å². The van der Waals surface area contributed by atoms with Gasteiger partial charge in [-0.05, 0) is 29.7 Å². The van der Waals surface area contributed by atoms with Gasteiger partial charge in [0.15, 0.2) is 0 Å². The van der Waals surface area contributed by atoms with Gasteiger partial charge in [-0.3, -0.25) is 4.90 Å². The number of aliphatic hydroxyl groups is 1. The maximum absolute atomic E-state index is 9.19. The Morgan fingerprint density at radius 2 is 2.00 bits per heavy atom. The molecule has 0 radical (unpaired) electrons. The molecule has 2 heteroatoms. The lowest BCUT2D eigenvalue weighted by atomic mass is 9.67. The molecule has 1 N–H and O–H groups in total. The number of likely N-dealkylation sites (tertiary alicyclic amines) is 1. The summed E-state index contributed by atoms with van der Waals surface area (Å²) in [5.74, 6) is 2.22. The molecule has 16 heavy (non-hydrogen) atoms. The standard InChI is InChI=1S/C14H19NO/c16-10-13-6-12-8-15(9-14(12)13)7-11-4-2-1-3-5-11/h1-5,12-14,16H,6-10H2. The zero-order chi connectivity index (χ0) is 11.0. The van der Waals surface area contributed by atoms with Gasteiger partial charge in [0.05, 0.1) is 0 Å². The summed E-state index contributed by atoms with van der Waals surface area (Å²) in [6.07, 6.45) is 1.24. The number of fused-ring (bicyclic) bond motifs is 1. The van der Waals surface area contributed by atoms with Gasteiger partial charge in [0, 0.05) is 26.2 Å². The molecule has 1 heterocycles. The van der Waals surface area contributed by atoms with Crippen molar-refractivity contribution < 1.29 is 5.11 Å². The normalized spacial score (nSPS) is 33.4. The van der Waals surface area contributed by atoms with Crippen LogP contribution in [0.25, 0.3) is 0 Å². The molecule has 0 bridgehead atoms.